The third-order valence-electron chi connectivity index (χ3n) is 7.97. The molecule has 49 heavy (non-hydrogen) atoms. The van der Waals surface area contributed by atoms with E-state index in [0.717, 1.165) is 58.3 Å². The van der Waals surface area contributed by atoms with Crippen LogP contribution in [0.15, 0.2) is 59.1 Å². The molecular weight excluding hydrogens is 622 g/mol. The molecule has 1 aliphatic rings. The number of para-hydroxylation sites is 1. The molecule has 2 aromatic carbocycles. The molecule has 1 fully saturated rings. The molecule has 262 valence electrons. The van der Waals surface area contributed by atoms with Gasteiger partial charge in [-0.1, -0.05) is 30.3 Å². The average Bonchev–Trinajstić information content (AvgIpc) is 3.39. The van der Waals surface area contributed by atoms with Gasteiger partial charge in [0.1, 0.15) is 28.1 Å². The minimum absolute atomic E-state index is 0.105. The standard InChI is InChI=1S/C39H49N3O7/c1-37(2,3)47-33(43)21-25-16-18-41(19-17-25)24-26-14-15-28-29(20-26)30(32-22-27-12-10-11-13-31(27)46-32)23-40-34(28)42(35(44)48-38(4,5)6)36(45)49-39(7,8)9/h10-15,20,22-23,25H,16-19,21,24H2,1-9H3. The number of likely N-dealkylation sites (tertiary alicyclic amines) is 1. The summed E-state index contributed by atoms with van der Waals surface area (Å²) in [5.74, 6) is 0.872. The Morgan fingerprint density at radius 3 is 2.02 bits per heavy atom. The van der Waals surface area contributed by atoms with Crippen molar-refractivity contribution >= 4 is 45.7 Å². The lowest BCUT2D eigenvalue weighted by atomic mass is 9.93. The van der Waals surface area contributed by atoms with Crippen molar-refractivity contribution < 1.29 is 33.0 Å². The zero-order valence-electron chi connectivity index (χ0n) is 30.2. The summed E-state index contributed by atoms with van der Waals surface area (Å²) < 4.78 is 23.1. The van der Waals surface area contributed by atoms with Crippen molar-refractivity contribution in [2.24, 2.45) is 5.92 Å². The fraction of sp³-hybridized carbons (Fsp3) is 0.487. The van der Waals surface area contributed by atoms with E-state index in [2.05, 4.69) is 16.0 Å². The first-order valence-electron chi connectivity index (χ1n) is 17.0. The van der Waals surface area contributed by atoms with E-state index in [1.165, 1.54) is 0 Å². The number of nitrogens with zero attached hydrogens (tertiary/aromatic N) is 3. The Balaban J connectivity index is 1.50. The van der Waals surface area contributed by atoms with Crippen molar-refractivity contribution in [1.29, 1.82) is 0 Å². The molecule has 3 heterocycles. The van der Waals surface area contributed by atoms with Crippen LogP contribution >= 0.6 is 0 Å². The first-order valence-corrected chi connectivity index (χ1v) is 17.0. The number of rotatable bonds is 6. The van der Waals surface area contributed by atoms with Crippen molar-refractivity contribution in [3.63, 3.8) is 0 Å². The zero-order chi connectivity index (χ0) is 35.7. The number of pyridine rings is 1. The van der Waals surface area contributed by atoms with Gasteiger partial charge in [-0.2, -0.15) is 4.90 Å². The fourth-order valence-corrected chi connectivity index (χ4v) is 5.95. The van der Waals surface area contributed by atoms with E-state index in [1.54, 1.807) is 47.7 Å². The van der Waals surface area contributed by atoms with Crippen molar-refractivity contribution in [2.45, 2.75) is 105 Å². The Morgan fingerprint density at radius 1 is 0.816 bits per heavy atom. The van der Waals surface area contributed by atoms with Crippen LogP contribution in [0.1, 0.15) is 87.1 Å². The molecule has 10 heteroatoms. The van der Waals surface area contributed by atoms with Crippen molar-refractivity contribution in [3.05, 3.63) is 60.3 Å². The summed E-state index contributed by atoms with van der Waals surface area (Å²) in [6.07, 6.45) is 2.11. The number of hydrogen-bond donors (Lipinski definition) is 0. The first-order chi connectivity index (χ1) is 22.8. The molecule has 2 amide bonds. The van der Waals surface area contributed by atoms with Gasteiger partial charge in [0.2, 0.25) is 0 Å². The molecule has 0 bridgehead atoms. The Hall–Kier alpha value is -4.44. The summed E-state index contributed by atoms with van der Waals surface area (Å²) in [5, 5.41) is 2.28. The molecule has 2 aromatic heterocycles. The fourth-order valence-electron chi connectivity index (χ4n) is 5.95. The van der Waals surface area contributed by atoms with Crippen molar-refractivity contribution in [3.8, 4) is 11.3 Å². The maximum Gasteiger partial charge on any atom is 0.425 e. The van der Waals surface area contributed by atoms with E-state index in [4.69, 9.17) is 18.6 Å². The highest BCUT2D eigenvalue weighted by molar-refractivity contribution is 6.15. The second kappa shape index (κ2) is 13.8. The van der Waals surface area contributed by atoms with E-state index in [1.807, 2.05) is 63.2 Å². The number of piperidine rings is 1. The summed E-state index contributed by atoms with van der Waals surface area (Å²) >= 11 is 0. The molecule has 0 spiro atoms. The van der Waals surface area contributed by atoms with Crippen molar-refractivity contribution in [1.82, 2.24) is 9.88 Å². The summed E-state index contributed by atoms with van der Waals surface area (Å²) in [6, 6.07) is 15.7. The predicted octanol–water partition coefficient (Wildman–Crippen LogP) is 9.27. The van der Waals surface area contributed by atoms with Gasteiger partial charge in [-0.3, -0.25) is 9.69 Å². The Kier molecular flexibility index (Phi) is 10.1. The van der Waals surface area contributed by atoms with Crippen LogP contribution in [0.3, 0.4) is 0 Å². The van der Waals surface area contributed by atoms with Crippen LogP contribution in [-0.2, 0) is 25.5 Å². The van der Waals surface area contributed by atoms with Gasteiger partial charge in [-0.15, -0.1) is 0 Å². The van der Waals surface area contributed by atoms with E-state index in [-0.39, 0.29) is 11.8 Å². The van der Waals surface area contributed by atoms with Crippen LogP contribution < -0.4 is 4.90 Å². The normalized spacial score (nSPS) is 15.0. The van der Waals surface area contributed by atoms with Crippen LogP contribution in [0.4, 0.5) is 15.4 Å². The molecule has 0 unspecified atom stereocenters. The molecule has 0 N–H and O–H groups in total. The smallest absolute Gasteiger partial charge is 0.425 e. The number of amides is 2. The molecule has 4 aromatic rings. The zero-order valence-corrected chi connectivity index (χ0v) is 30.2. The average molecular weight is 672 g/mol. The highest BCUT2D eigenvalue weighted by Crippen LogP contribution is 2.38. The third kappa shape index (κ3) is 9.38. The third-order valence-corrected chi connectivity index (χ3v) is 7.97. The number of esters is 1. The number of fused-ring (bicyclic) bond motifs is 2. The first kappa shape index (κ1) is 35.9. The van der Waals surface area contributed by atoms with E-state index in [0.29, 0.717) is 30.0 Å². The van der Waals surface area contributed by atoms with Gasteiger partial charge >= 0.3 is 18.2 Å². The van der Waals surface area contributed by atoms with Crippen LogP contribution in [0, 0.1) is 5.92 Å². The molecular formula is C39H49N3O7. The highest BCUT2D eigenvalue weighted by Gasteiger charge is 2.35. The van der Waals surface area contributed by atoms with Gasteiger partial charge < -0.3 is 18.6 Å². The quantitative estimate of drug-likeness (QED) is 0.146. The van der Waals surface area contributed by atoms with Gasteiger partial charge in [-0.05, 0) is 123 Å². The summed E-state index contributed by atoms with van der Waals surface area (Å²) in [5.41, 5.74) is 0.296. The molecule has 1 aliphatic heterocycles. The second-order valence-corrected chi connectivity index (χ2v) is 15.8. The minimum atomic E-state index is -0.884. The predicted molar refractivity (Wildman–Crippen MR) is 190 cm³/mol. The molecule has 1 saturated heterocycles. The molecule has 0 atom stereocenters. The Morgan fingerprint density at radius 2 is 1.43 bits per heavy atom. The lowest BCUT2D eigenvalue weighted by molar-refractivity contribution is -0.156. The van der Waals surface area contributed by atoms with Crippen LogP contribution in [0.5, 0.6) is 0 Å². The number of imide groups is 1. The van der Waals surface area contributed by atoms with Gasteiger partial charge in [0, 0.05) is 35.5 Å². The summed E-state index contributed by atoms with van der Waals surface area (Å²) in [4.78, 5) is 47.5. The summed E-state index contributed by atoms with van der Waals surface area (Å²) in [7, 11) is 0. The minimum Gasteiger partial charge on any atom is -0.460 e. The molecule has 0 radical (unpaired) electrons. The number of furan rings is 1. The van der Waals surface area contributed by atoms with Gasteiger partial charge in [0.05, 0.1) is 0 Å². The van der Waals surface area contributed by atoms with Crippen LogP contribution in [0.25, 0.3) is 33.1 Å². The molecule has 5 rings (SSSR count). The second-order valence-electron chi connectivity index (χ2n) is 15.8. The van der Waals surface area contributed by atoms with Crippen LogP contribution in [-0.4, -0.2) is 57.9 Å². The number of benzene rings is 2. The lowest BCUT2D eigenvalue weighted by Gasteiger charge is -2.32. The molecule has 0 saturated carbocycles. The number of anilines is 1. The number of carbonyl (C=O) groups is 3. The Labute approximate surface area is 288 Å². The summed E-state index contributed by atoms with van der Waals surface area (Å²) in [6.45, 7) is 18.5. The highest BCUT2D eigenvalue weighted by atomic mass is 16.6. The van der Waals surface area contributed by atoms with Gasteiger partial charge in [-0.25, -0.2) is 14.6 Å². The number of aromatic nitrogens is 1. The number of ether oxygens (including phenoxy) is 3. The topological polar surface area (TPSA) is 111 Å². The number of hydrogen-bond acceptors (Lipinski definition) is 9. The van der Waals surface area contributed by atoms with Crippen molar-refractivity contribution in [2.75, 3.05) is 18.0 Å². The van der Waals surface area contributed by atoms with E-state index >= 15 is 0 Å². The molecule has 10 nitrogen and oxygen atoms in total. The monoisotopic (exact) mass is 671 g/mol. The lowest BCUT2D eigenvalue weighted by Crippen LogP contribution is -2.44. The Bertz CT molecular complexity index is 1770. The maximum absolute atomic E-state index is 13.6. The van der Waals surface area contributed by atoms with E-state index < -0.39 is 29.0 Å². The van der Waals surface area contributed by atoms with E-state index in [9.17, 15) is 14.4 Å². The maximum atomic E-state index is 13.6. The SMILES string of the molecule is CC(C)(C)OC(=O)CC1CCN(Cc2ccc3c(N(C(=O)OC(C)(C)C)C(=O)OC(C)(C)C)ncc(-c4cc5ccccc5o4)c3c2)CC1. The molecule has 0 aliphatic carbocycles. The van der Waals surface area contributed by atoms with Crippen LogP contribution in [0.2, 0.25) is 0 Å². The largest absolute Gasteiger partial charge is 0.460 e. The van der Waals surface area contributed by atoms with Gasteiger partial charge in [0.15, 0.2) is 5.82 Å². The van der Waals surface area contributed by atoms with Gasteiger partial charge in [0.25, 0.3) is 0 Å². The number of carbonyl (C=O) groups excluding carboxylic acids is 3.